The maximum absolute atomic E-state index is 12.7. The minimum absolute atomic E-state index is 0.0116. The van der Waals surface area contributed by atoms with Gasteiger partial charge in [-0.15, -0.1) is 0 Å². The molecule has 7 heteroatoms. The lowest BCUT2D eigenvalue weighted by Gasteiger charge is -2.23. The Morgan fingerprint density at radius 3 is 2.14 bits per heavy atom. The molecule has 0 aromatic carbocycles. The summed E-state index contributed by atoms with van der Waals surface area (Å²) < 4.78 is 27.0. The SMILES string of the molecule is CC(C)CCN(CCC(C)C)S(=O)(=O)c1[nH]ncc1CO. The van der Waals surface area contributed by atoms with Gasteiger partial charge < -0.3 is 5.11 Å². The van der Waals surface area contributed by atoms with E-state index in [0.29, 0.717) is 30.5 Å². The van der Waals surface area contributed by atoms with Crippen molar-refractivity contribution < 1.29 is 13.5 Å². The zero-order valence-corrected chi connectivity index (χ0v) is 14.2. The molecule has 1 heterocycles. The molecule has 2 N–H and O–H groups in total. The molecule has 0 unspecified atom stereocenters. The first-order valence-corrected chi connectivity index (χ1v) is 8.86. The second kappa shape index (κ2) is 7.91. The molecule has 1 rings (SSSR count). The molecule has 0 atom stereocenters. The number of aromatic amines is 1. The lowest BCUT2D eigenvalue weighted by molar-refractivity contribution is 0.277. The first-order valence-electron chi connectivity index (χ1n) is 7.42. The molecule has 1 aromatic rings. The van der Waals surface area contributed by atoms with Crippen LogP contribution in [0.5, 0.6) is 0 Å². The summed E-state index contributed by atoms with van der Waals surface area (Å²) in [6, 6.07) is 0. The van der Waals surface area contributed by atoms with Crippen molar-refractivity contribution in [3.8, 4) is 0 Å². The normalized spacial score (nSPS) is 12.8. The minimum Gasteiger partial charge on any atom is -0.392 e. The van der Waals surface area contributed by atoms with Crippen LogP contribution in [0.3, 0.4) is 0 Å². The van der Waals surface area contributed by atoms with Crippen molar-refractivity contribution in [2.24, 2.45) is 11.8 Å². The third-order valence-electron chi connectivity index (χ3n) is 3.36. The van der Waals surface area contributed by atoms with E-state index in [2.05, 4.69) is 37.9 Å². The Balaban J connectivity index is 2.98. The topological polar surface area (TPSA) is 86.3 Å². The first kappa shape index (κ1) is 18.1. The van der Waals surface area contributed by atoms with Gasteiger partial charge in [0.2, 0.25) is 0 Å². The van der Waals surface area contributed by atoms with Crippen LogP contribution in [0.25, 0.3) is 0 Å². The van der Waals surface area contributed by atoms with Crippen LogP contribution in [0.15, 0.2) is 11.2 Å². The minimum atomic E-state index is -3.64. The Labute approximate surface area is 127 Å². The average molecular weight is 317 g/mol. The summed E-state index contributed by atoms with van der Waals surface area (Å²) in [5.41, 5.74) is 0.314. The Bertz CT molecular complexity index is 511. The van der Waals surface area contributed by atoms with Gasteiger partial charge in [-0.05, 0) is 24.7 Å². The van der Waals surface area contributed by atoms with Gasteiger partial charge in [-0.3, -0.25) is 5.10 Å². The molecule has 0 bridgehead atoms. The monoisotopic (exact) mass is 317 g/mol. The number of sulfonamides is 1. The average Bonchev–Trinajstić information content (AvgIpc) is 2.86. The number of nitrogens with zero attached hydrogens (tertiary/aromatic N) is 2. The van der Waals surface area contributed by atoms with Crippen molar-refractivity contribution >= 4 is 10.0 Å². The summed E-state index contributed by atoms with van der Waals surface area (Å²) in [7, 11) is -3.64. The molecule has 0 fully saturated rings. The van der Waals surface area contributed by atoms with Gasteiger partial charge in [0.25, 0.3) is 10.0 Å². The quantitative estimate of drug-likeness (QED) is 0.729. The van der Waals surface area contributed by atoms with Gasteiger partial charge in [-0.25, -0.2) is 8.42 Å². The van der Waals surface area contributed by atoms with Crippen molar-refractivity contribution in [2.45, 2.75) is 52.2 Å². The summed E-state index contributed by atoms with van der Waals surface area (Å²) in [5.74, 6) is 0.863. The first-order chi connectivity index (χ1) is 9.78. The molecular formula is C14H27N3O3S. The molecule has 0 aliphatic heterocycles. The number of rotatable bonds is 9. The number of H-pyrrole nitrogens is 1. The maximum Gasteiger partial charge on any atom is 0.260 e. The summed E-state index contributed by atoms with van der Waals surface area (Å²) in [4.78, 5) is 0. The third-order valence-corrected chi connectivity index (χ3v) is 5.27. The fourth-order valence-electron chi connectivity index (χ4n) is 1.92. The van der Waals surface area contributed by atoms with Gasteiger partial charge in [0, 0.05) is 18.7 Å². The Morgan fingerprint density at radius 1 is 1.19 bits per heavy atom. The van der Waals surface area contributed by atoms with E-state index in [1.807, 2.05) is 0 Å². The largest absolute Gasteiger partial charge is 0.392 e. The Hall–Kier alpha value is -0.920. The van der Waals surface area contributed by atoms with Crippen LogP contribution in [0.1, 0.15) is 46.1 Å². The van der Waals surface area contributed by atoms with Crippen molar-refractivity contribution in [3.05, 3.63) is 11.8 Å². The highest BCUT2D eigenvalue weighted by Gasteiger charge is 2.28. The number of aliphatic hydroxyl groups excluding tert-OH is 1. The smallest absolute Gasteiger partial charge is 0.260 e. The highest BCUT2D eigenvalue weighted by Crippen LogP contribution is 2.20. The lowest BCUT2D eigenvalue weighted by Crippen LogP contribution is -2.35. The van der Waals surface area contributed by atoms with Gasteiger partial charge in [-0.1, -0.05) is 27.7 Å². The Morgan fingerprint density at radius 2 is 1.71 bits per heavy atom. The van der Waals surface area contributed by atoms with E-state index < -0.39 is 10.0 Å². The second-order valence-corrected chi connectivity index (χ2v) is 8.03. The molecule has 122 valence electrons. The van der Waals surface area contributed by atoms with Crippen LogP contribution in [0, 0.1) is 11.8 Å². The molecule has 0 aliphatic rings. The predicted molar refractivity (Wildman–Crippen MR) is 82.2 cm³/mol. The van der Waals surface area contributed by atoms with Gasteiger partial charge in [0.15, 0.2) is 5.03 Å². The number of nitrogens with one attached hydrogen (secondary N) is 1. The van der Waals surface area contributed by atoms with Gasteiger partial charge in [0.05, 0.1) is 12.8 Å². The van der Waals surface area contributed by atoms with Crippen molar-refractivity contribution in [2.75, 3.05) is 13.1 Å². The van der Waals surface area contributed by atoms with Gasteiger partial charge in [-0.2, -0.15) is 9.40 Å². The second-order valence-electron chi connectivity index (χ2n) is 6.15. The van der Waals surface area contributed by atoms with E-state index in [1.165, 1.54) is 10.5 Å². The number of hydrogen-bond acceptors (Lipinski definition) is 4. The number of aliphatic hydroxyl groups is 1. The van der Waals surface area contributed by atoms with Gasteiger partial charge in [0.1, 0.15) is 0 Å². The molecular weight excluding hydrogens is 290 g/mol. The van der Waals surface area contributed by atoms with Crippen LogP contribution < -0.4 is 0 Å². The zero-order valence-electron chi connectivity index (χ0n) is 13.3. The van der Waals surface area contributed by atoms with Crippen LogP contribution in [0.2, 0.25) is 0 Å². The number of hydrogen-bond donors (Lipinski definition) is 2. The van der Waals surface area contributed by atoms with E-state index in [4.69, 9.17) is 0 Å². The molecule has 1 aromatic heterocycles. The van der Waals surface area contributed by atoms with E-state index in [9.17, 15) is 13.5 Å². The highest BCUT2D eigenvalue weighted by atomic mass is 32.2. The van der Waals surface area contributed by atoms with Crippen molar-refractivity contribution in [1.82, 2.24) is 14.5 Å². The van der Waals surface area contributed by atoms with Crippen molar-refractivity contribution in [1.29, 1.82) is 0 Å². The zero-order chi connectivity index (χ0) is 16.0. The predicted octanol–water partition coefficient (Wildman–Crippen LogP) is 1.98. The van der Waals surface area contributed by atoms with E-state index >= 15 is 0 Å². The summed E-state index contributed by atoms with van der Waals surface area (Å²) >= 11 is 0. The van der Waals surface area contributed by atoms with Crippen LogP contribution in [-0.4, -0.2) is 41.1 Å². The van der Waals surface area contributed by atoms with Crippen LogP contribution in [0.4, 0.5) is 0 Å². The third kappa shape index (κ3) is 5.09. The van der Waals surface area contributed by atoms with Gasteiger partial charge >= 0.3 is 0 Å². The number of aromatic nitrogens is 2. The van der Waals surface area contributed by atoms with Crippen molar-refractivity contribution in [3.63, 3.8) is 0 Å². The standard InChI is InChI=1S/C14H27N3O3S/c1-11(2)5-7-17(8-6-12(3)4)21(19,20)14-13(10-18)9-15-16-14/h9,11-12,18H,5-8,10H2,1-4H3,(H,15,16). The van der Waals surface area contributed by atoms with E-state index in [0.717, 1.165) is 12.8 Å². The fraction of sp³-hybridized carbons (Fsp3) is 0.786. The molecule has 0 radical (unpaired) electrons. The van der Waals surface area contributed by atoms with Crippen LogP contribution in [-0.2, 0) is 16.6 Å². The Kier molecular flexibility index (Phi) is 6.83. The molecule has 0 amide bonds. The fourth-order valence-corrected chi connectivity index (χ4v) is 3.49. The molecule has 6 nitrogen and oxygen atoms in total. The summed E-state index contributed by atoms with van der Waals surface area (Å²) in [6.07, 6.45) is 2.97. The molecule has 0 aliphatic carbocycles. The molecule has 21 heavy (non-hydrogen) atoms. The summed E-state index contributed by atoms with van der Waals surface area (Å²) in [5, 5.41) is 15.5. The highest BCUT2D eigenvalue weighted by molar-refractivity contribution is 7.89. The molecule has 0 spiro atoms. The van der Waals surface area contributed by atoms with E-state index in [1.54, 1.807) is 0 Å². The van der Waals surface area contributed by atoms with E-state index in [-0.39, 0.29) is 11.6 Å². The van der Waals surface area contributed by atoms with Crippen LogP contribution >= 0.6 is 0 Å². The molecule has 0 saturated carbocycles. The molecule has 0 saturated heterocycles. The summed E-state index contributed by atoms with van der Waals surface area (Å²) in [6.45, 7) is 8.91. The maximum atomic E-state index is 12.7. The lowest BCUT2D eigenvalue weighted by atomic mass is 10.1.